The van der Waals surface area contributed by atoms with Crippen molar-refractivity contribution in [2.75, 3.05) is 26.4 Å². The number of rotatable bonds is 2. The number of nitrogens with one attached hydrogen (secondary N) is 1. The van der Waals surface area contributed by atoms with Crippen molar-refractivity contribution < 1.29 is 19.0 Å². The van der Waals surface area contributed by atoms with Gasteiger partial charge >= 0.3 is 6.09 Å². The molecule has 0 aromatic rings. The van der Waals surface area contributed by atoms with Crippen LogP contribution in [0, 0.1) is 0 Å². The topological polar surface area (TPSA) is 56.8 Å². The molecule has 88 valence electrons. The number of alkyl carbamates (subject to hydrolysis) is 1. The number of carbonyl (C=O) groups is 1. The van der Waals surface area contributed by atoms with Gasteiger partial charge in [0.1, 0.15) is 5.60 Å². The maximum atomic E-state index is 11.3. The quantitative estimate of drug-likeness (QED) is 0.747. The summed E-state index contributed by atoms with van der Waals surface area (Å²) in [6.07, 6.45) is -0.483. The van der Waals surface area contributed by atoms with E-state index in [-0.39, 0.29) is 6.10 Å². The smallest absolute Gasteiger partial charge is 0.407 e. The van der Waals surface area contributed by atoms with Crippen molar-refractivity contribution >= 4 is 6.09 Å². The highest BCUT2D eigenvalue weighted by molar-refractivity contribution is 5.67. The molecule has 0 saturated carbocycles. The average Bonchev–Trinajstić information content (AvgIpc) is 2.14. The maximum absolute atomic E-state index is 11.3. The second kappa shape index (κ2) is 5.32. The van der Waals surface area contributed by atoms with Crippen molar-refractivity contribution in [3.63, 3.8) is 0 Å². The monoisotopic (exact) mass is 217 g/mol. The molecule has 1 N–H and O–H groups in total. The summed E-state index contributed by atoms with van der Waals surface area (Å²) in [7, 11) is 0. The Balaban J connectivity index is 2.15. The summed E-state index contributed by atoms with van der Waals surface area (Å²) in [6.45, 7) is 7.64. The van der Waals surface area contributed by atoms with Gasteiger partial charge in [-0.15, -0.1) is 0 Å². The minimum atomic E-state index is -0.464. The lowest BCUT2D eigenvalue weighted by Gasteiger charge is -2.24. The van der Waals surface area contributed by atoms with Crippen LogP contribution >= 0.6 is 0 Å². The van der Waals surface area contributed by atoms with Gasteiger partial charge in [-0.05, 0) is 20.8 Å². The van der Waals surface area contributed by atoms with Crippen LogP contribution in [-0.2, 0) is 14.2 Å². The van der Waals surface area contributed by atoms with E-state index in [0.717, 1.165) is 0 Å². The van der Waals surface area contributed by atoms with Crippen molar-refractivity contribution in [3.05, 3.63) is 0 Å². The molecule has 0 aliphatic carbocycles. The third-order valence-corrected chi connectivity index (χ3v) is 1.76. The van der Waals surface area contributed by atoms with Crippen LogP contribution in [-0.4, -0.2) is 44.2 Å². The van der Waals surface area contributed by atoms with Crippen molar-refractivity contribution in [1.29, 1.82) is 0 Å². The summed E-state index contributed by atoms with van der Waals surface area (Å²) in [4.78, 5) is 11.3. The molecule has 1 fully saturated rings. The van der Waals surface area contributed by atoms with Crippen molar-refractivity contribution in [3.8, 4) is 0 Å². The molecule has 5 heteroatoms. The first-order valence-electron chi connectivity index (χ1n) is 5.13. The molecule has 0 radical (unpaired) electrons. The molecule has 15 heavy (non-hydrogen) atoms. The van der Waals surface area contributed by atoms with Gasteiger partial charge in [0.2, 0.25) is 0 Å². The Hall–Kier alpha value is -0.810. The van der Waals surface area contributed by atoms with Gasteiger partial charge in [0, 0.05) is 6.54 Å². The van der Waals surface area contributed by atoms with Crippen molar-refractivity contribution in [2.24, 2.45) is 0 Å². The molecule has 0 bridgehead atoms. The van der Waals surface area contributed by atoms with Gasteiger partial charge in [0.05, 0.1) is 25.9 Å². The number of hydrogen-bond donors (Lipinski definition) is 1. The molecule has 0 aromatic carbocycles. The van der Waals surface area contributed by atoms with E-state index in [9.17, 15) is 4.79 Å². The van der Waals surface area contributed by atoms with Crippen LogP contribution in [0.4, 0.5) is 4.79 Å². The predicted molar refractivity (Wildman–Crippen MR) is 54.8 cm³/mol. The van der Waals surface area contributed by atoms with E-state index in [1.54, 1.807) is 0 Å². The molecule has 1 aliphatic rings. The minimum absolute atomic E-state index is 0.0636. The molecule has 1 aliphatic heterocycles. The zero-order valence-corrected chi connectivity index (χ0v) is 9.54. The highest BCUT2D eigenvalue weighted by atomic mass is 16.6. The van der Waals surface area contributed by atoms with Crippen LogP contribution in [0.15, 0.2) is 0 Å². The summed E-state index contributed by atoms with van der Waals surface area (Å²) in [5.41, 5.74) is -0.464. The molecule has 5 nitrogen and oxygen atoms in total. The summed E-state index contributed by atoms with van der Waals surface area (Å²) in [5, 5.41) is 2.64. The number of amides is 1. The molecule has 0 spiro atoms. The molecular weight excluding hydrogens is 198 g/mol. The fourth-order valence-electron chi connectivity index (χ4n) is 1.17. The lowest BCUT2D eigenvalue weighted by molar-refractivity contribution is -0.0864. The molecule has 1 rings (SSSR count). The first kappa shape index (κ1) is 12.3. The molecular formula is C10H19NO4. The molecule has 1 amide bonds. The predicted octanol–water partition coefficient (Wildman–Crippen LogP) is 0.926. The Labute approximate surface area is 90.1 Å². The van der Waals surface area contributed by atoms with E-state index in [0.29, 0.717) is 26.4 Å². The van der Waals surface area contributed by atoms with Crippen LogP contribution in [0.1, 0.15) is 20.8 Å². The third kappa shape index (κ3) is 5.59. The first-order chi connectivity index (χ1) is 6.97. The summed E-state index contributed by atoms with van der Waals surface area (Å²) >= 11 is 0. The maximum Gasteiger partial charge on any atom is 0.407 e. The summed E-state index contributed by atoms with van der Waals surface area (Å²) < 4.78 is 15.6. The summed E-state index contributed by atoms with van der Waals surface area (Å²) in [6, 6.07) is 0. The van der Waals surface area contributed by atoms with Gasteiger partial charge < -0.3 is 19.5 Å². The lowest BCUT2D eigenvalue weighted by atomic mass is 10.2. The van der Waals surface area contributed by atoms with Gasteiger partial charge in [-0.2, -0.15) is 0 Å². The second-order valence-corrected chi connectivity index (χ2v) is 4.45. The molecule has 0 unspecified atom stereocenters. The summed E-state index contributed by atoms with van der Waals surface area (Å²) in [5.74, 6) is 0. The van der Waals surface area contributed by atoms with Gasteiger partial charge in [0.15, 0.2) is 0 Å². The molecule has 1 atom stereocenters. The fraction of sp³-hybridized carbons (Fsp3) is 0.900. The Morgan fingerprint density at radius 1 is 1.47 bits per heavy atom. The first-order valence-corrected chi connectivity index (χ1v) is 5.13. The molecule has 1 saturated heterocycles. The van der Waals surface area contributed by atoms with Crippen molar-refractivity contribution in [2.45, 2.75) is 32.5 Å². The number of carbonyl (C=O) groups excluding carboxylic acids is 1. The van der Waals surface area contributed by atoms with Crippen LogP contribution < -0.4 is 5.32 Å². The Morgan fingerprint density at radius 3 is 2.73 bits per heavy atom. The lowest BCUT2D eigenvalue weighted by Crippen LogP contribution is -2.41. The zero-order valence-electron chi connectivity index (χ0n) is 9.54. The van der Waals surface area contributed by atoms with E-state index in [4.69, 9.17) is 14.2 Å². The Morgan fingerprint density at radius 2 is 2.20 bits per heavy atom. The highest BCUT2D eigenvalue weighted by Gasteiger charge is 2.19. The van der Waals surface area contributed by atoms with Gasteiger partial charge in [-0.3, -0.25) is 0 Å². The Bertz CT molecular complexity index is 206. The molecule has 0 aromatic heterocycles. The average molecular weight is 217 g/mol. The van der Waals surface area contributed by atoms with Crippen LogP contribution in [0.3, 0.4) is 0 Å². The van der Waals surface area contributed by atoms with Gasteiger partial charge in [-0.1, -0.05) is 0 Å². The number of hydrogen-bond acceptors (Lipinski definition) is 4. The third-order valence-electron chi connectivity index (χ3n) is 1.76. The largest absolute Gasteiger partial charge is 0.444 e. The van der Waals surface area contributed by atoms with E-state index < -0.39 is 11.7 Å². The second-order valence-electron chi connectivity index (χ2n) is 4.45. The van der Waals surface area contributed by atoms with Crippen LogP contribution in [0.5, 0.6) is 0 Å². The SMILES string of the molecule is CC(C)(C)OC(=O)NC[C@@H]1COCCO1. The van der Waals surface area contributed by atoms with Gasteiger partial charge in [-0.25, -0.2) is 4.79 Å². The van der Waals surface area contributed by atoms with Crippen LogP contribution in [0.2, 0.25) is 0 Å². The molecule has 1 heterocycles. The van der Waals surface area contributed by atoms with E-state index in [1.807, 2.05) is 20.8 Å². The standard InChI is InChI=1S/C10H19NO4/c1-10(2,3)15-9(12)11-6-8-7-13-4-5-14-8/h8H,4-7H2,1-3H3,(H,11,12)/t8-/m1/s1. The van der Waals surface area contributed by atoms with Crippen molar-refractivity contribution in [1.82, 2.24) is 5.32 Å². The normalized spacial score (nSPS) is 22.2. The highest BCUT2D eigenvalue weighted by Crippen LogP contribution is 2.06. The van der Waals surface area contributed by atoms with Gasteiger partial charge in [0.25, 0.3) is 0 Å². The minimum Gasteiger partial charge on any atom is -0.444 e. The van der Waals surface area contributed by atoms with E-state index in [1.165, 1.54) is 0 Å². The van der Waals surface area contributed by atoms with E-state index >= 15 is 0 Å². The van der Waals surface area contributed by atoms with Crippen LogP contribution in [0.25, 0.3) is 0 Å². The van der Waals surface area contributed by atoms with E-state index in [2.05, 4.69) is 5.32 Å². The fourth-order valence-corrected chi connectivity index (χ4v) is 1.17. The zero-order chi connectivity index (χ0) is 11.3. The number of ether oxygens (including phenoxy) is 3. The Kier molecular flexibility index (Phi) is 4.35.